The van der Waals surface area contributed by atoms with Crippen molar-refractivity contribution in [3.8, 4) is 0 Å². The van der Waals surface area contributed by atoms with E-state index in [1.807, 2.05) is 6.07 Å². The number of hydrogen-bond donors (Lipinski definition) is 0. The predicted octanol–water partition coefficient (Wildman–Crippen LogP) is 3.87. The van der Waals surface area contributed by atoms with Gasteiger partial charge < -0.3 is 9.47 Å². The molecule has 3 nitrogen and oxygen atoms in total. The van der Waals surface area contributed by atoms with Crippen LogP contribution in [0.15, 0.2) is 22.7 Å². The van der Waals surface area contributed by atoms with Gasteiger partial charge in [0.1, 0.15) is 0 Å². The third kappa shape index (κ3) is 2.80. The standard InChI is InChI=1S/C15H16BrClO3/c16-11-1-2-13(17)12(7-11)14(18)10-3-5-20-15(8-10)4-6-19-9-15/h1-2,7,10H,3-6,8-9H2. The van der Waals surface area contributed by atoms with Crippen molar-refractivity contribution in [2.75, 3.05) is 19.8 Å². The molecule has 2 fully saturated rings. The Kier molecular flexibility index (Phi) is 4.18. The van der Waals surface area contributed by atoms with E-state index in [-0.39, 0.29) is 17.3 Å². The van der Waals surface area contributed by atoms with Gasteiger partial charge in [-0.05, 0) is 31.0 Å². The predicted molar refractivity (Wildman–Crippen MR) is 80.3 cm³/mol. The van der Waals surface area contributed by atoms with Crippen LogP contribution in [-0.2, 0) is 9.47 Å². The Labute approximate surface area is 131 Å². The fraction of sp³-hybridized carbons (Fsp3) is 0.533. The van der Waals surface area contributed by atoms with E-state index < -0.39 is 0 Å². The van der Waals surface area contributed by atoms with E-state index >= 15 is 0 Å². The van der Waals surface area contributed by atoms with Gasteiger partial charge >= 0.3 is 0 Å². The molecule has 2 atom stereocenters. The molecule has 1 aromatic rings. The van der Waals surface area contributed by atoms with E-state index in [4.69, 9.17) is 21.1 Å². The molecule has 3 rings (SSSR count). The van der Waals surface area contributed by atoms with Crippen LogP contribution < -0.4 is 0 Å². The van der Waals surface area contributed by atoms with E-state index in [2.05, 4.69) is 15.9 Å². The quantitative estimate of drug-likeness (QED) is 0.752. The fourth-order valence-corrected chi connectivity index (χ4v) is 3.59. The molecule has 0 aromatic heterocycles. The second-order valence-corrected chi connectivity index (χ2v) is 6.84. The lowest BCUT2D eigenvalue weighted by atomic mass is 9.81. The zero-order chi connectivity index (χ0) is 14.2. The van der Waals surface area contributed by atoms with Gasteiger partial charge in [0.25, 0.3) is 0 Å². The van der Waals surface area contributed by atoms with Gasteiger partial charge in [0.2, 0.25) is 0 Å². The molecule has 20 heavy (non-hydrogen) atoms. The van der Waals surface area contributed by atoms with Crippen LogP contribution in [0.3, 0.4) is 0 Å². The minimum atomic E-state index is -0.253. The van der Waals surface area contributed by atoms with Crippen LogP contribution in [0.25, 0.3) is 0 Å². The number of ether oxygens (including phenoxy) is 2. The molecule has 0 bridgehead atoms. The molecular formula is C15H16BrClO3. The minimum Gasteiger partial charge on any atom is -0.378 e. The van der Waals surface area contributed by atoms with Gasteiger partial charge in [0, 0.05) is 35.6 Å². The number of rotatable bonds is 2. The topological polar surface area (TPSA) is 35.5 Å². The number of carbonyl (C=O) groups is 1. The zero-order valence-electron chi connectivity index (χ0n) is 11.0. The van der Waals surface area contributed by atoms with Gasteiger partial charge in [-0.2, -0.15) is 0 Å². The van der Waals surface area contributed by atoms with Crippen LogP contribution >= 0.6 is 27.5 Å². The average molecular weight is 360 g/mol. The summed E-state index contributed by atoms with van der Waals surface area (Å²) in [4.78, 5) is 12.7. The normalized spacial score (nSPS) is 29.8. The maximum Gasteiger partial charge on any atom is 0.167 e. The van der Waals surface area contributed by atoms with Crippen molar-refractivity contribution in [1.82, 2.24) is 0 Å². The number of hydrogen-bond acceptors (Lipinski definition) is 3. The van der Waals surface area contributed by atoms with Gasteiger partial charge in [-0.1, -0.05) is 27.5 Å². The molecule has 0 radical (unpaired) electrons. The van der Waals surface area contributed by atoms with E-state index in [1.165, 1.54) is 0 Å². The number of ketones is 1. The highest BCUT2D eigenvalue weighted by Gasteiger charge is 2.43. The van der Waals surface area contributed by atoms with Gasteiger partial charge in [-0.15, -0.1) is 0 Å². The summed E-state index contributed by atoms with van der Waals surface area (Å²) in [5.41, 5.74) is 0.346. The Morgan fingerprint density at radius 1 is 1.40 bits per heavy atom. The lowest BCUT2D eigenvalue weighted by Crippen LogP contribution is -2.42. The van der Waals surface area contributed by atoms with Crippen molar-refractivity contribution in [3.63, 3.8) is 0 Å². The number of halogens is 2. The van der Waals surface area contributed by atoms with Gasteiger partial charge in [0.15, 0.2) is 5.78 Å². The largest absolute Gasteiger partial charge is 0.378 e. The lowest BCUT2D eigenvalue weighted by molar-refractivity contribution is -0.0920. The van der Waals surface area contributed by atoms with Crippen molar-refractivity contribution in [2.45, 2.75) is 24.9 Å². The van der Waals surface area contributed by atoms with Crippen molar-refractivity contribution in [3.05, 3.63) is 33.3 Å². The van der Waals surface area contributed by atoms with Crippen molar-refractivity contribution >= 4 is 33.3 Å². The van der Waals surface area contributed by atoms with E-state index in [0.717, 1.165) is 30.3 Å². The first-order valence-electron chi connectivity index (χ1n) is 6.81. The molecule has 0 N–H and O–H groups in total. The Hall–Kier alpha value is -0.420. The molecule has 2 unspecified atom stereocenters. The Morgan fingerprint density at radius 3 is 3.00 bits per heavy atom. The van der Waals surface area contributed by atoms with Crippen LogP contribution in [0, 0.1) is 5.92 Å². The monoisotopic (exact) mass is 358 g/mol. The van der Waals surface area contributed by atoms with Crippen LogP contribution in [0.2, 0.25) is 5.02 Å². The van der Waals surface area contributed by atoms with E-state index in [1.54, 1.807) is 12.1 Å². The zero-order valence-corrected chi connectivity index (χ0v) is 13.4. The van der Waals surface area contributed by atoms with Crippen molar-refractivity contribution in [1.29, 1.82) is 0 Å². The summed E-state index contributed by atoms with van der Waals surface area (Å²) in [6.07, 6.45) is 2.36. The van der Waals surface area contributed by atoms with Gasteiger partial charge in [-0.25, -0.2) is 0 Å². The molecule has 1 aromatic carbocycles. The molecule has 0 amide bonds. The molecular weight excluding hydrogens is 344 g/mol. The van der Waals surface area contributed by atoms with Crippen LogP contribution in [0.1, 0.15) is 29.6 Å². The first-order valence-corrected chi connectivity index (χ1v) is 7.98. The highest BCUT2D eigenvalue weighted by Crippen LogP contribution is 2.38. The molecule has 2 saturated heterocycles. The molecule has 108 valence electrons. The molecule has 2 heterocycles. The SMILES string of the molecule is O=C(c1cc(Br)ccc1Cl)C1CCOC2(CCOC2)C1. The summed E-state index contributed by atoms with van der Waals surface area (Å²) < 4.78 is 12.2. The smallest absolute Gasteiger partial charge is 0.167 e. The molecule has 2 aliphatic heterocycles. The molecule has 0 aliphatic carbocycles. The van der Waals surface area contributed by atoms with E-state index in [0.29, 0.717) is 23.8 Å². The number of Topliss-reactive ketones (excluding diaryl/α,β-unsaturated/α-hetero) is 1. The third-order valence-electron chi connectivity index (χ3n) is 4.12. The van der Waals surface area contributed by atoms with Gasteiger partial charge in [0.05, 0.1) is 17.2 Å². The summed E-state index contributed by atoms with van der Waals surface area (Å²) in [6.45, 7) is 1.94. The van der Waals surface area contributed by atoms with Crippen LogP contribution in [0.5, 0.6) is 0 Å². The maximum absolute atomic E-state index is 12.7. The van der Waals surface area contributed by atoms with Crippen molar-refractivity contribution in [2.24, 2.45) is 5.92 Å². The number of benzene rings is 1. The Balaban J connectivity index is 1.81. The highest BCUT2D eigenvalue weighted by molar-refractivity contribution is 9.10. The lowest BCUT2D eigenvalue weighted by Gasteiger charge is -2.36. The van der Waals surface area contributed by atoms with Crippen molar-refractivity contribution < 1.29 is 14.3 Å². The first kappa shape index (κ1) is 14.5. The fourth-order valence-electron chi connectivity index (χ4n) is 3.02. The molecule has 2 aliphatic rings. The highest BCUT2D eigenvalue weighted by atomic mass is 79.9. The summed E-state index contributed by atoms with van der Waals surface area (Å²) in [6, 6.07) is 5.40. The number of carbonyl (C=O) groups excluding carboxylic acids is 1. The summed E-state index contributed by atoms with van der Waals surface area (Å²) in [5.74, 6) is 0.0862. The van der Waals surface area contributed by atoms with Gasteiger partial charge in [-0.3, -0.25) is 4.79 Å². The van der Waals surface area contributed by atoms with Crippen LogP contribution in [-0.4, -0.2) is 31.2 Å². The summed E-state index contributed by atoms with van der Waals surface area (Å²) >= 11 is 9.56. The molecule has 5 heteroatoms. The second-order valence-electron chi connectivity index (χ2n) is 5.51. The molecule has 0 saturated carbocycles. The first-order chi connectivity index (χ1) is 9.60. The third-order valence-corrected chi connectivity index (χ3v) is 4.95. The minimum absolute atomic E-state index is 0.0303. The molecule has 1 spiro atoms. The maximum atomic E-state index is 12.7. The Morgan fingerprint density at radius 2 is 2.25 bits per heavy atom. The van der Waals surface area contributed by atoms with Crippen LogP contribution in [0.4, 0.5) is 0 Å². The Bertz CT molecular complexity index is 526. The van der Waals surface area contributed by atoms with E-state index in [9.17, 15) is 4.79 Å². The summed E-state index contributed by atoms with van der Waals surface area (Å²) in [5, 5.41) is 0.515. The summed E-state index contributed by atoms with van der Waals surface area (Å²) in [7, 11) is 0. The second kappa shape index (κ2) is 5.76. The average Bonchev–Trinajstić information content (AvgIpc) is 2.88.